The summed E-state index contributed by atoms with van der Waals surface area (Å²) in [6.07, 6.45) is 8.37. The van der Waals surface area contributed by atoms with Crippen LogP contribution in [0.2, 0.25) is 0 Å². The van der Waals surface area contributed by atoms with Gasteiger partial charge in [-0.15, -0.1) is 12.4 Å². The van der Waals surface area contributed by atoms with Crippen molar-refractivity contribution in [2.75, 3.05) is 13.6 Å². The highest BCUT2D eigenvalue weighted by Gasteiger charge is 2.14. The van der Waals surface area contributed by atoms with Crippen LogP contribution in [0.3, 0.4) is 0 Å². The minimum absolute atomic E-state index is 0. The van der Waals surface area contributed by atoms with E-state index in [0.717, 1.165) is 24.8 Å². The van der Waals surface area contributed by atoms with Gasteiger partial charge in [0.1, 0.15) is 0 Å². The normalized spacial score (nSPS) is 16.6. The van der Waals surface area contributed by atoms with Crippen LogP contribution in [0.15, 0.2) is 4.52 Å². The summed E-state index contributed by atoms with van der Waals surface area (Å²) in [6, 6.07) is 0. The molecule has 6 heteroatoms. The molecule has 2 N–H and O–H groups in total. The van der Waals surface area contributed by atoms with E-state index in [2.05, 4.69) is 22.1 Å². The second-order valence-corrected chi connectivity index (χ2v) is 5.34. The summed E-state index contributed by atoms with van der Waals surface area (Å²) in [5, 5.41) is 3.91. The van der Waals surface area contributed by atoms with Gasteiger partial charge in [-0.1, -0.05) is 37.3 Å². The van der Waals surface area contributed by atoms with Crippen LogP contribution in [0.1, 0.15) is 50.2 Å². The Bertz CT molecular complexity index is 352. The first-order chi connectivity index (χ1) is 8.78. The lowest BCUT2D eigenvalue weighted by Crippen LogP contribution is -2.22. The SMILES string of the molecule is CN(CCC1CCCCC1)Cc1noc(CN)n1.Cl. The third-order valence-electron chi connectivity index (χ3n) is 3.74. The molecule has 1 aromatic rings. The van der Waals surface area contributed by atoms with E-state index in [1.54, 1.807) is 0 Å². The molecule has 0 atom stereocenters. The zero-order valence-electron chi connectivity index (χ0n) is 11.7. The molecule has 1 saturated carbocycles. The molecule has 1 aromatic heterocycles. The lowest BCUT2D eigenvalue weighted by Gasteiger charge is -2.23. The predicted molar refractivity (Wildman–Crippen MR) is 77.0 cm³/mol. The maximum Gasteiger partial charge on any atom is 0.240 e. The molecule has 2 rings (SSSR count). The Hall–Kier alpha value is -0.650. The molecular formula is C13H25ClN4O. The average Bonchev–Trinajstić information content (AvgIpc) is 2.85. The number of hydrogen-bond acceptors (Lipinski definition) is 5. The first kappa shape index (κ1) is 16.4. The van der Waals surface area contributed by atoms with Crippen molar-refractivity contribution in [3.05, 3.63) is 11.7 Å². The van der Waals surface area contributed by atoms with Gasteiger partial charge in [0.05, 0.1) is 13.1 Å². The molecular weight excluding hydrogens is 264 g/mol. The topological polar surface area (TPSA) is 68.2 Å². The van der Waals surface area contributed by atoms with Crippen molar-refractivity contribution in [2.45, 2.75) is 51.6 Å². The molecule has 1 fully saturated rings. The van der Waals surface area contributed by atoms with Gasteiger partial charge in [-0.05, 0) is 25.9 Å². The molecule has 0 radical (unpaired) electrons. The van der Waals surface area contributed by atoms with Crippen molar-refractivity contribution in [1.29, 1.82) is 0 Å². The zero-order chi connectivity index (χ0) is 12.8. The van der Waals surface area contributed by atoms with E-state index in [0.29, 0.717) is 12.4 Å². The zero-order valence-corrected chi connectivity index (χ0v) is 12.5. The maximum atomic E-state index is 5.44. The highest BCUT2D eigenvalue weighted by atomic mass is 35.5. The molecule has 0 aliphatic heterocycles. The van der Waals surface area contributed by atoms with Crippen LogP contribution in [0.5, 0.6) is 0 Å². The van der Waals surface area contributed by atoms with Gasteiger partial charge in [-0.25, -0.2) is 0 Å². The van der Waals surface area contributed by atoms with E-state index >= 15 is 0 Å². The number of hydrogen-bond donors (Lipinski definition) is 1. The summed E-state index contributed by atoms with van der Waals surface area (Å²) in [7, 11) is 2.11. The monoisotopic (exact) mass is 288 g/mol. The lowest BCUT2D eigenvalue weighted by atomic mass is 9.87. The van der Waals surface area contributed by atoms with Crippen molar-refractivity contribution in [3.8, 4) is 0 Å². The van der Waals surface area contributed by atoms with Gasteiger partial charge in [0.25, 0.3) is 0 Å². The fourth-order valence-electron chi connectivity index (χ4n) is 2.64. The van der Waals surface area contributed by atoms with Gasteiger partial charge in [0.15, 0.2) is 5.82 Å². The van der Waals surface area contributed by atoms with Crippen molar-refractivity contribution in [1.82, 2.24) is 15.0 Å². The van der Waals surface area contributed by atoms with Gasteiger partial charge in [0, 0.05) is 0 Å². The first-order valence-electron chi connectivity index (χ1n) is 6.98. The Kier molecular flexibility index (Phi) is 7.34. The largest absolute Gasteiger partial charge is 0.338 e. The summed E-state index contributed by atoms with van der Waals surface area (Å²) < 4.78 is 5.00. The Balaban J connectivity index is 0.00000180. The van der Waals surface area contributed by atoms with Crippen molar-refractivity contribution in [3.63, 3.8) is 0 Å². The molecule has 0 amide bonds. The van der Waals surface area contributed by atoms with Crippen LogP contribution >= 0.6 is 12.4 Å². The molecule has 1 heterocycles. The second-order valence-electron chi connectivity index (χ2n) is 5.34. The Morgan fingerprint density at radius 2 is 2.05 bits per heavy atom. The molecule has 0 saturated heterocycles. The molecule has 110 valence electrons. The molecule has 0 spiro atoms. The van der Waals surface area contributed by atoms with Crippen LogP contribution in [0, 0.1) is 5.92 Å². The third-order valence-corrected chi connectivity index (χ3v) is 3.74. The van der Waals surface area contributed by atoms with Gasteiger partial charge < -0.3 is 10.3 Å². The highest BCUT2D eigenvalue weighted by Crippen LogP contribution is 2.26. The second kappa shape index (κ2) is 8.51. The number of nitrogens with zero attached hydrogens (tertiary/aromatic N) is 3. The molecule has 0 bridgehead atoms. The molecule has 0 unspecified atom stereocenters. The molecule has 5 nitrogen and oxygen atoms in total. The summed E-state index contributed by atoms with van der Waals surface area (Å²) in [5.74, 6) is 2.18. The van der Waals surface area contributed by atoms with Crippen molar-refractivity contribution < 1.29 is 4.52 Å². The predicted octanol–water partition coefficient (Wildman–Crippen LogP) is 2.35. The summed E-state index contributed by atoms with van der Waals surface area (Å²) in [5.41, 5.74) is 5.44. The van der Waals surface area contributed by atoms with Crippen LogP contribution in [-0.4, -0.2) is 28.6 Å². The van der Waals surface area contributed by atoms with E-state index in [-0.39, 0.29) is 12.4 Å². The van der Waals surface area contributed by atoms with Crippen molar-refractivity contribution in [2.24, 2.45) is 11.7 Å². The summed E-state index contributed by atoms with van der Waals surface area (Å²) in [4.78, 5) is 6.48. The lowest BCUT2D eigenvalue weighted by molar-refractivity contribution is 0.253. The van der Waals surface area contributed by atoms with E-state index in [9.17, 15) is 0 Å². The van der Waals surface area contributed by atoms with Crippen LogP contribution in [0.4, 0.5) is 0 Å². The van der Waals surface area contributed by atoms with Crippen molar-refractivity contribution >= 4 is 12.4 Å². The highest BCUT2D eigenvalue weighted by molar-refractivity contribution is 5.85. The molecule has 0 aromatic carbocycles. The fourth-order valence-corrected chi connectivity index (χ4v) is 2.64. The third kappa shape index (κ3) is 5.47. The maximum absolute atomic E-state index is 5.44. The van der Waals surface area contributed by atoms with Crippen LogP contribution < -0.4 is 5.73 Å². The van der Waals surface area contributed by atoms with Gasteiger partial charge in [-0.2, -0.15) is 4.98 Å². The van der Waals surface area contributed by atoms with Crippen LogP contribution in [0.25, 0.3) is 0 Å². The summed E-state index contributed by atoms with van der Waals surface area (Å²) >= 11 is 0. The quantitative estimate of drug-likeness (QED) is 0.870. The smallest absolute Gasteiger partial charge is 0.240 e. The molecule has 19 heavy (non-hydrogen) atoms. The van der Waals surface area contributed by atoms with E-state index in [1.165, 1.54) is 38.5 Å². The van der Waals surface area contributed by atoms with Crippen LogP contribution in [-0.2, 0) is 13.1 Å². The van der Waals surface area contributed by atoms with Gasteiger partial charge >= 0.3 is 0 Å². The average molecular weight is 289 g/mol. The van der Waals surface area contributed by atoms with E-state index in [4.69, 9.17) is 10.3 Å². The standard InChI is InChI=1S/C13H24N4O.ClH/c1-17(8-7-11-5-3-2-4-6-11)10-12-15-13(9-14)18-16-12;/h11H,2-10,14H2,1H3;1H. The molecule has 1 aliphatic rings. The number of rotatable bonds is 6. The Morgan fingerprint density at radius 1 is 1.32 bits per heavy atom. The minimum atomic E-state index is 0. The van der Waals surface area contributed by atoms with Gasteiger partial charge in [0.2, 0.25) is 5.89 Å². The van der Waals surface area contributed by atoms with E-state index < -0.39 is 0 Å². The minimum Gasteiger partial charge on any atom is -0.338 e. The number of aromatic nitrogens is 2. The Morgan fingerprint density at radius 3 is 2.68 bits per heavy atom. The summed E-state index contributed by atoms with van der Waals surface area (Å²) in [6.45, 7) is 2.17. The Labute approximate surface area is 121 Å². The first-order valence-corrected chi connectivity index (χ1v) is 6.98. The van der Waals surface area contributed by atoms with E-state index in [1.807, 2.05) is 0 Å². The number of nitrogens with two attached hydrogens (primary N) is 1. The number of halogens is 1. The van der Waals surface area contributed by atoms with Gasteiger partial charge in [-0.3, -0.25) is 4.90 Å². The fraction of sp³-hybridized carbons (Fsp3) is 0.846. The molecule has 1 aliphatic carbocycles.